The Bertz CT molecular complexity index is 196. The molecule has 0 aromatic rings. The number of nitrogens with zero attached hydrogens (tertiary/aromatic N) is 1. The Morgan fingerprint density at radius 2 is 1.87 bits per heavy atom. The third-order valence-electron chi connectivity index (χ3n) is 3.47. The highest BCUT2D eigenvalue weighted by molar-refractivity contribution is 7.80. The molecule has 0 aromatic carbocycles. The summed E-state index contributed by atoms with van der Waals surface area (Å²) in [7, 11) is 0. The van der Waals surface area contributed by atoms with Gasteiger partial charge in [-0.3, -0.25) is 4.90 Å². The molecular weight excluding hydrogens is 204 g/mol. The molecule has 1 aliphatic rings. The number of piperidine rings is 1. The van der Waals surface area contributed by atoms with Crippen LogP contribution in [0.15, 0.2) is 0 Å². The molecule has 88 valence electrons. The minimum atomic E-state index is 0.662. The second-order valence-corrected chi connectivity index (χ2v) is 5.31. The van der Waals surface area contributed by atoms with E-state index in [-0.39, 0.29) is 0 Å². The number of unbranched alkanes of at least 4 members (excludes halogenated alkanes) is 1. The first-order valence-electron chi connectivity index (χ1n) is 6.15. The van der Waals surface area contributed by atoms with Gasteiger partial charge in [-0.2, -0.15) is 0 Å². The van der Waals surface area contributed by atoms with Crippen molar-refractivity contribution in [2.24, 2.45) is 5.73 Å². The Morgan fingerprint density at radius 3 is 2.40 bits per heavy atom. The highest BCUT2D eigenvalue weighted by Crippen LogP contribution is 2.22. The molecule has 0 spiro atoms. The fourth-order valence-electron chi connectivity index (χ4n) is 2.51. The Balaban J connectivity index is 2.20. The first-order valence-corrected chi connectivity index (χ1v) is 6.56. The monoisotopic (exact) mass is 228 g/mol. The molecule has 1 rings (SSSR count). The zero-order valence-electron chi connectivity index (χ0n) is 10.0. The van der Waals surface area contributed by atoms with Gasteiger partial charge in [0.25, 0.3) is 0 Å². The number of hydrogen-bond donors (Lipinski definition) is 1. The molecule has 1 fully saturated rings. The minimum Gasteiger partial charge on any atom is -0.393 e. The lowest BCUT2D eigenvalue weighted by molar-refractivity contribution is 0.102. The van der Waals surface area contributed by atoms with Crippen molar-refractivity contribution in [1.82, 2.24) is 4.90 Å². The van der Waals surface area contributed by atoms with E-state index in [2.05, 4.69) is 18.7 Å². The topological polar surface area (TPSA) is 29.3 Å². The molecule has 15 heavy (non-hydrogen) atoms. The molecule has 1 saturated heterocycles. The van der Waals surface area contributed by atoms with Crippen LogP contribution in [0, 0.1) is 0 Å². The van der Waals surface area contributed by atoms with E-state index in [1.54, 1.807) is 0 Å². The number of nitrogens with two attached hydrogens (primary N) is 1. The molecule has 0 radical (unpaired) electrons. The third kappa shape index (κ3) is 4.47. The molecule has 2 N–H and O–H groups in total. The van der Waals surface area contributed by atoms with Crippen molar-refractivity contribution in [2.45, 2.75) is 64.5 Å². The van der Waals surface area contributed by atoms with Gasteiger partial charge in [-0.1, -0.05) is 18.6 Å². The van der Waals surface area contributed by atoms with E-state index in [1.165, 1.54) is 32.2 Å². The normalized spacial score (nSPS) is 27.9. The van der Waals surface area contributed by atoms with Gasteiger partial charge in [-0.15, -0.1) is 0 Å². The fourth-order valence-corrected chi connectivity index (χ4v) is 2.65. The first kappa shape index (κ1) is 12.9. The Hall–Kier alpha value is -0.150. The summed E-state index contributed by atoms with van der Waals surface area (Å²) >= 11 is 4.88. The molecule has 0 saturated carbocycles. The molecule has 0 aliphatic carbocycles. The zero-order chi connectivity index (χ0) is 11.3. The summed E-state index contributed by atoms with van der Waals surface area (Å²) in [6, 6.07) is 1.53. The van der Waals surface area contributed by atoms with Crippen LogP contribution in [0.1, 0.15) is 52.4 Å². The zero-order valence-corrected chi connectivity index (χ0v) is 10.9. The van der Waals surface area contributed by atoms with Crippen molar-refractivity contribution < 1.29 is 0 Å². The molecule has 0 aromatic heterocycles. The lowest BCUT2D eigenvalue weighted by atomic mass is 9.97. The van der Waals surface area contributed by atoms with E-state index < -0.39 is 0 Å². The second kappa shape index (κ2) is 6.44. The molecule has 0 bridgehead atoms. The predicted molar refractivity (Wildman–Crippen MR) is 70.1 cm³/mol. The van der Waals surface area contributed by atoms with Crippen LogP contribution in [-0.2, 0) is 0 Å². The van der Waals surface area contributed by atoms with Gasteiger partial charge in [-0.05, 0) is 52.5 Å². The fraction of sp³-hybridized carbons (Fsp3) is 0.917. The van der Waals surface area contributed by atoms with E-state index in [0.717, 1.165) is 24.9 Å². The Kier molecular flexibility index (Phi) is 5.54. The SMILES string of the molecule is C[C@@H]1CCC[C@H](C)N1CCCCC(N)=S. The average Bonchev–Trinajstić information content (AvgIpc) is 2.15. The van der Waals surface area contributed by atoms with Gasteiger partial charge in [0.05, 0.1) is 4.99 Å². The van der Waals surface area contributed by atoms with Gasteiger partial charge in [0, 0.05) is 12.1 Å². The summed E-state index contributed by atoms with van der Waals surface area (Å²) in [4.78, 5) is 3.30. The molecule has 1 heterocycles. The maximum atomic E-state index is 5.48. The van der Waals surface area contributed by atoms with Crippen molar-refractivity contribution >= 4 is 17.2 Å². The van der Waals surface area contributed by atoms with Gasteiger partial charge in [-0.25, -0.2) is 0 Å². The van der Waals surface area contributed by atoms with Crippen LogP contribution in [0.3, 0.4) is 0 Å². The van der Waals surface area contributed by atoms with Gasteiger partial charge in [0.2, 0.25) is 0 Å². The number of likely N-dealkylation sites (tertiary alicyclic amines) is 1. The van der Waals surface area contributed by atoms with E-state index in [9.17, 15) is 0 Å². The quantitative estimate of drug-likeness (QED) is 0.579. The van der Waals surface area contributed by atoms with E-state index in [4.69, 9.17) is 18.0 Å². The van der Waals surface area contributed by atoms with E-state index in [0.29, 0.717) is 4.99 Å². The highest BCUT2D eigenvalue weighted by Gasteiger charge is 2.23. The third-order valence-corrected chi connectivity index (χ3v) is 3.67. The molecule has 0 amide bonds. The van der Waals surface area contributed by atoms with Crippen molar-refractivity contribution in [3.05, 3.63) is 0 Å². The van der Waals surface area contributed by atoms with Gasteiger partial charge in [0.1, 0.15) is 0 Å². The molecule has 1 aliphatic heterocycles. The smallest absolute Gasteiger partial charge is 0.0727 e. The van der Waals surface area contributed by atoms with Crippen LogP contribution in [0.5, 0.6) is 0 Å². The van der Waals surface area contributed by atoms with Crippen LogP contribution in [0.2, 0.25) is 0 Å². The maximum absolute atomic E-state index is 5.48. The molecule has 3 heteroatoms. The Morgan fingerprint density at radius 1 is 1.27 bits per heavy atom. The standard InChI is InChI=1S/C12H24N2S/c1-10-6-5-7-11(2)14(10)9-4-3-8-12(13)15/h10-11H,3-9H2,1-2H3,(H2,13,15)/t10-,11+. The largest absolute Gasteiger partial charge is 0.393 e. The summed E-state index contributed by atoms with van der Waals surface area (Å²) in [6.07, 6.45) is 7.40. The molecule has 2 nitrogen and oxygen atoms in total. The van der Waals surface area contributed by atoms with Crippen molar-refractivity contribution in [3.8, 4) is 0 Å². The Labute approximate surface area is 99.2 Å². The number of hydrogen-bond acceptors (Lipinski definition) is 2. The lowest BCUT2D eigenvalue weighted by Crippen LogP contribution is -2.44. The van der Waals surface area contributed by atoms with Crippen molar-refractivity contribution in [3.63, 3.8) is 0 Å². The summed E-state index contributed by atoms with van der Waals surface area (Å²) in [6.45, 7) is 5.91. The average molecular weight is 228 g/mol. The summed E-state index contributed by atoms with van der Waals surface area (Å²) in [5, 5.41) is 0. The summed E-state index contributed by atoms with van der Waals surface area (Å²) in [5.41, 5.74) is 5.48. The summed E-state index contributed by atoms with van der Waals surface area (Å²) < 4.78 is 0. The van der Waals surface area contributed by atoms with Gasteiger partial charge < -0.3 is 5.73 Å². The van der Waals surface area contributed by atoms with Crippen LogP contribution in [0.4, 0.5) is 0 Å². The van der Waals surface area contributed by atoms with Crippen molar-refractivity contribution in [2.75, 3.05) is 6.54 Å². The summed E-state index contributed by atoms with van der Waals surface area (Å²) in [5.74, 6) is 0. The van der Waals surface area contributed by atoms with Crippen LogP contribution >= 0.6 is 12.2 Å². The minimum absolute atomic E-state index is 0.662. The molecule has 0 unspecified atom stereocenters. The van der Waals surface area contributed by atoms with E-state index in [1.807, 2.05) is 0 Å². The first-order chi connectivity index (χ1) is 7.11. The highest BCUT2D eigenvalue weighted by atomic mass is 32.1. The van der Waals surface area contributed by atoms with Crippen molar-refractivity contribution in [1.29, 1.82) is 0 Å². The van der Waals surface area contributed by atoms with Gasteiger partial charge >= 0.3 is 0 Å². The predicted octanol–water partition coefficient (Wildman–Crippen LogP) is 2.71. The number of thiocarbonyl (C=S) groups is 1. The molecule has 2 atom stereocenters. The van der Waals surface area contributed by atoms with Crippen LogP contribution in [0.25, 0.3) is 0 Å². The molecular formula is C12H24N2S. The van der Waals surface area contributed by atoms with Crippen LogP contribution in [-0.4, -0.2) is 28.5 Å². The van der Waals surface area contributed by atoms with E-state index >= 15 is 0 Å². The number of rotatable bonds is 5. The maximum Gasteiger partial charge on any atom is 0.0727 e. The second-order valence-electron chi connectivity index (χ2n) is 4.79. The lowest BCUT2D eigenvalue weighted by Gasteiger charge is -2.39. The van der Waals surface area contributed by atoms with Gasteiger partial charge in [0.15, 0.2) is 0 Å². The van der Waals surface area contributed by atoms with Crippen LogP contribution < -0.4 is 5.73 Å².